The van der Waals surface area contributed by atoms with Gasteiger partial charge in [0.25, 0.3) is 0 Å². The lowest BCUT2D eigenvalue weighted by molar-refractivity contribution is -0.303. The van der Waals surface area contributed by atoms with Gasteiger partial charge in [-0.2, -0.15) is 0 Å². The lowest BCUT2D eigenvalue weighted by Crippen LogP contribution is -2.60. The van der Waals surface area contributed by atoms with Crippen molar-refractivity contribution in [1.29, 1.82) is 0 Å². The van der Waals surface area contributed by atoms with Gasteiger partial charge >= 0.3 is 0 Å². The number of hydrogen-bond acceptors (Lipinski definition) is 10. The van der Waals surface area contributed by atoms with Gasteiger partial charge in [0.1, 0.15) is 36.6 Å². The Morgan fingerprint density at radius 3 is 1.25 bits per heavy atom. The van der Waals surface area contributed by atoms with Crippen LogP contribution in [0.15, 0.2) is 48.6 Å². The second-order valence-corrected chi connectivity index (χ2v) is 20.7. The topological polar surface area (TPSA) is 189 Å². The van der Waals surface area contributed by atoms with E-state index in [1.165, 1.54) is 154 Å². The molecule has 0 aromatic heterocycles. The van der Waals surface area contributed by atoms with Gasteiger partial charge in [0.05, 0.1) is 25.4 Å². The quantitative estimate of drug-likeness (QED) is 0.0215. The highest BCUT2D eigenvalue weighted by molar-refractivity contribution is 5.80. The number of carbonyl (C=O) groups excluding carboxylic acids is 1. The first-order chi connectivity index (χ1) is 34.7. The largest absolute Gasteiger partial charge is 0.394 e. The molecule has 0 aromatic carbocycles. The van der Waals surface area contributed by atoms with E-state index in [0.717, 1.165) is 57.8 Å². The molecule has 9 unspecified atom stereocenters. The summed E-state index contributed by atoms with van der Waals surface area (Å²) >= 11 is 0. The second kappa shape index (κ2) is 49.0. The summed E-state index contributed by atoms with van der Waals surface area (Å²) in [5, 5.41) is 76.1. The van der Waals surface area contributed by atoms with E-state index in [-0.39, 0.29) is 12.8 Å². The summed E-state index contributed by atoms with van der Waals surface area (Å²) in [6, 6.07) is -1.20. The summed E-state index contributed by atoms with van der Waals surface area (Å²) in [7, 11) is 0. The molecule has 71 heavy (non-hydrogen) atoms. The molecule has 0 saturated carbocycles. The van der Waals surface area contributed by atoms with Gasteiger partial charge in [0.15, 0.2) is 6.29 Å². The number of allylic oxidation sites excluding steroid dienone is 8. The normalized spacial score (nSPS) is 20.5. The van der Waals surface area contributed by atoms with Crippen molar-refractivity contribution in [2.45, 2.75) is 313 Å². The molecule has 0 aliphatic carbocycles. The summed E-state index contributed by atoms with van der Waals surface area (Å²) in [5.74, 6) is -0.715. The van der Waals surface area contributed by atoms with E-state index in [4.69, 9.17) is 9.47 Å². The lowest BCUT2D eigenvalue weighted by Gasteiger charge is -2.40. The van der Waals surface area contributed by atoms with E-state index in [1.807, 2.05) is 0 Å². The van der Waals surface area contributed by atoms with Gasteiger partial charge in [0.2, 0.25) is 5.91 Å². The maximum Gasteiger partial charge on any atom is 0.249 e. The van der Waals surface area contributed by atoms with Crippen molar-refractivity contribution in [3.63, 3.8) is 0 Å². The molecule has 1 saturated heterocycles. The third kappa shape index (κ3) is 37.5. The van der Waals surface area contributed by atoms with Crippen LogP contribution < -0.4 is 5.32 Å². The summed E-state index contributed by atoms with van der Waals surface area (Å²) in [6.45, 7) is 3.45. The fraction of sp³-hybridized carbons (Fsp3) is 0.850. The molecular formula is C60H111NO10. The molecule has 1 amide bonds. The zero-order valence-corrected chi connectivity index (χ0v) is 45.5. The highest BCUT2D eigenvalue weighted by Crippen LogP contribution is 2.23. The minimum absolute atomic E-state index is 0.239. The molecule has 416 valence electrons. The van der Waals surface area contributed by atoms with Crippen molar-refractivity contribution < 1.29 is 50.0 Å². The molecule has 8 N–H and O–H groups in total. The van der Waals surface area contributed by atoms with Gasteiger partial charge in [0, 0.05) is 0 Å². The van der Waals surface area contributed by atoms with E-state index in [1.54, 1.807) is 0 Å². The highest BCUT2D eigenvalue weighted by atomic mass is 16.7. The molecule has 0 radical (unpaired) electrons. The number of carbonyl (C=O) groups is 1. The molecule has 0 spiro atoms. The van der Waals surface area contributed by atoms with Crippen LogP contribution in [0.2, 0.25) is 0 Å². The smallest absolute Gasteiger partial charge is 0.249 e. The molecule has 1 aliphatic heterocycles. The van der Waals surface area contributed by atoms with Gasteiger partial charge in [-0.25, -0.2) is 0 Å². The van der Waals surface area contributed by atoms with Crippen molar-refractivity contribution in [2.24, 2.45) is 0 Å². The van der Waals surface area contributed by atoms with E-state index in [0.29, 0.717) is 19.3 Å². The van der Waals surface area contributed by atoms with Gasteiger partial charge < -0.3 is 50.5 Å². The van der Waals surface area contributed by atoms with Crippen LogP contribution in [0.1, 0.15) is 258 Å². The lowest BCUT2D eigenvalue weighted by atomic mass is 9.98. The van der Waals surface area contributed by atoms with Crippen LogP contribution in [0, 0.1) is 0 Å². The van der Waals surface area contributed by atoms with Crippen LogP contribution in [-0.2, 0) is 14.3 Å². The SMILES string of the molecule is CCCCCCCCCC/C=C/CC/C=C/CC/C=C/CCCC(O)C(O)C(COC1OC(CO)C(O)C(O)C1O)NC(=O)C(O)CCCCCCCCC/C=C\CCCCCCCCCCCCCC. The fourth-order valence-corrected chi connectivity index (χ4v) is 9.23. The summed E-state index contributed by atoms with van der Waals surface area (Å²) in [5.41, 5.74) is 0. The molecular weight excluding hydrogens is 895 g/mol. The first-order valence-electron chi connectivity index (χ1n) is 29.5. The minimum atomic E-state index is -1.67. The van der Waals surface area contributed by atoms with Crippen molar-refractivity contribution in [3.05, 3.63) is 48.6 Å². The van der Waals surface area contributed by atoms with Gasteiger partial charge in [-0.05, 0) is 89.9 Å². The number of nitrogens with one attached hydrogen (secondary N) is 1. The number of hydrogen-bond donors (Lipinski definition) is 8. The molecule has 11 nitrogen and oxygen atoms in total. The zero-order valence-electron chi connectivity index (χ0n) is 45.5. The third-order valence-electron chi connectivity index (χ3n) is 14.1. The zero-order chi connectivity index (χ0) is 51.8. The monoisotopic (exact) mass is 1010 g/mol. The summed E-state index contributed by atoms with van der Waals surface area (Å²) in [4.78, 5) is 13.2. The second-order valence-electron chi connectivity index (χ2n) is 20.7. The fourth-order valence-electron chi connectivity index (χ4n) is 9.23. The van der Waals surface area contributed by atoms with Gasteiger partial charge in [-0.1, -0.05) is 217 Å². The maximum absolute atomic E-state index is 13.2. The summed E-state index contributed by atoms with van der Waals surface area (Å²) in [6.07, 6.45) is 50.2. The van der Waals surface area contributed by atoms with Crippen LogP contribution in [0.3, 0.4) is 0 Å². The molecule has 0 bridgehead atoms. The van der Waals surface area contributed by atoms with E-state index in [9.17, 15) is 40.5 Å². The van der Waals surface area contributed by atoms with E-state index >= 15 is 0 Å². The Labute approximate surface area is 434 Å². The number of amides is 1. The van der Waals surface area contributed by atoms with Gasteiger partial charge in [-0.15, -0.1) is 0 Å². The molecule has 1 aliphatic rings. The number of unbranched alkanes of at least 4 members (excludes halogenated alkanes) is 30. The van der Waals surface area contributed by atoms with Crippen LogP contribution in [0.5, 0.6) is 0 Å². The Kier molecular flexibility index (Phi) is 46.3. The predicted molar refractivity (Wildman–Crippen MR) is 293 cm³/mol. The third-order valence-corrected chi connectivity index (χ3v) is 14.1. The summed E-state index contributed by atoms with van der Waals surface area (Å²) < 4.78 is 11.1. The first kappa shape index (κ1) is 67.1. The Morgan fingerprint density at radius 1 is 0.479 bits per heavy atom. The molecule has 1 heterocycles. The van der Waals surface area contributed by atoms with Crippen LogP contribution >= 0.6 is 0 Å². The number of aliphatic hydroxyl groups is 7. The van der Waals surface area contributed by atoms with E-state index < -0.39 is 74.2 Å². The number of ether oxygens (including phenoxy) is 2. The van der Waals surface area contributed by atoms with Crippen LogP contribution in [0.4, 0.5) is 0 Å². The highest BCUT2D eigenvalue weighted by Gasteiger charge is 2.44. The Hall–Kier alpha value is -1.93. The van der Waals surface area contributed by atoms with Crippen molar-refractivity contribution in [3.8, 4) is 0 Å². The average Bonchev–Trinajstić information content (AvgIpc) is 3.37. The molecule has 9 atom stereocenters. The Morgan fingerprint density at radius 2 is 0.845 bits per heavy atom. The maximum atomic E-state index is 13.2. The molecule has 0 aromatic rings. The molecule has 1 fully saturated rings. The molecule has 1 rings (SSSR count). The Bertz CT molecular complexity index is 1290. The van der Waals surface area contributed by atoms with Crippen LogP contribution in [-0.4, -0.2) is 110 Å². The van der Waals surface area contributed by atoms with Crippen molar-refractivity contribution >= 4 is 5.91 Å². The number of rotatable bonds is 50. The van der Waals surface area contributed by atoms with Crippen LogP contribution in [0.25, 0.3) is 0 Å². The number of aliphatic hydroxyl groups excluding tert-OH is 7. The average molecular weight is 1010 g/mol. The molecule has 11 heteroatoms. The Balaban J connectivity index is 2.35. The minimum Gasteiger partial charge on any atom is -0.394 e. The van der Waals surface area contributed by atoms with E-state index in [2.05, 4.69) is 67.8 Å². The standard InChI is InChI=1S/C60H111NO10/c1-3-5-7-9-11-13-15-17-19-21-23-25-26-28-30-32-34-36-38-40-42-44-46-48-53(64)59(69)61-51(50-70-60-58(68)57(67)56(66)54(49-62)71-60)55(65)52(63)47-45-43-41-39-37-35-33-31-29-27-24-22-20-18-16-14-12-10-8-6-4-2/h22,24,28,30-31,33,39,41,51-58,60,62-68H,3-21,23,25-27,29,32,34-38,40,42-50H2,1-2H3,(H,61,69)/b24-22+,30-28-,33-31+,41-39+. The van der Waals surface area contributed by atoms with Gasteiger partial charge in [-0.3, -0.25) is 4.79 Å². The van der Waals surface area contributed by atoms with Crippen molar-refractivity contribution in [1.82, 2.24) is 5.32 Å². The van der Waals surface area contributed by atoms with Crippen molar-refractivity contribution in [2.75, 3.05) is 13.2 Å². The first-order valence-corrected chi connectivity index (χ1v) is 29.5. The predicted octanol–water partition coefficient (Wildman–Crippen LogP) is 12.5.